The molecule has 3 aromatic rings. The Bertz CT molecular complexity index is 1130. The van der Waals surface area contributed by atoms with Crippen LogP contribution in [0, 0.1) is 13.8 Å². The van der Waals surface area contributed by atoms with Crippen LogP contribution in [0.15, 0.2) is 71.6 Å². The summed E-state index contributed by atoms with van der Waals surface area (Å²) >= 11 is 1.39. The minimum atomic E-state index is -1.16. The van der Waals surface area contributed by atoms with Crippen LogP contribution in [-0.4, -0.2) is 28.6 Å². The van der Waals surface area contributed by atoms with Crippen LogP contribution in [0.25, 0.3) is 0 Å². The molecule has 0 aromatic heterocycles. The number of hydrogen-bond acceptors (Lipinski definition) is 4. The van der Waals surface area contributed by atoms with Gasteiger partial charge in [-0.25, -0.2) is 4.79 Å². The molecule has 0 aliphatic rings. The molecule has 0 unspecified atom stereocenters. The summed E-state index contributed by atoms with van der Waals surface area (Å²) in [5, 5.41) is 14.9. The topological polar surface area (TPSA) is 95.5 Å². The fraction of sp³-hybridized carbons (Fsp3) is 0.125. The van der Waals surface area contributed by atoms with Crippen molar-refractivity contribution < 1.29 is 19.5 Å². The van der Waals surface area contributed by atoms with Gasteiger partial charge in [-0.2, -0.15) is 0 Å². The first-order valence-electron chi connectivity index (χ1n) is 9.58. The van der Waals surface area contributed by atoms with Crippen LogP contribution in [0.2, 0.25) is 0 Å². The van der Waals surface area contributed by atoms with Gasteiger partial charge in [0.1, 0.15) is 0 Å². The second-order valence-corrected chi connectivity index (χ2v) is 7.96. The van der Waals surface area contributed by atoms with Crippen LogP contribution in [0.4, 0.5) is 11.4 Å². The van der Waals surface area contributed by atoms with E-state index in [9.17, 15) is 19.5 Å². The van der Waals surface area contributed by atoms with Gasteiger partial charge >= 0.3 is 5.97 Å². The minimum Gasteiger partial charge on any atom is -0.478 e. The molecular formula is C24H22N2O4S. The third-order valence-electron chi connectivity index (χ3n) is 4.76. The molecule has 0 saturated carbocycles. The number of aromatic carboxylic acids is 1. The Morgan fingerprint density at radius 3 is 2.19 bits per heavy atom. The predicted octanol–water partition coefficient (Wildman–Crippen LogP) is 4.98. The lowest BCUT2D eigenvalue weighted by atomic mass is 10.1. The lowest BCUT2D eigenvalue weighted by molar-refractivity contribution is -0.113. The number of carbonyl (C=O) groups is 3. The van der Waals surface area contributed by atoms with Crippen molar-refractivity contribution in [3.8, 4) is 0 Å². The van der Waals surface area contributed by atoms with Crippen LogP contribution in [0.5, 0.6) is 0 Å². The summed E-state index contributed by atoms with van der Waals surface area (Å²) in [6.07, 6.45) is 0. The van der Waals surface area contributed by atoms with E-state index < -0.39 is 11.9 Å². The van der Waals surface area contributed by atoms with Crippen molar-refractivity contribution in [3.63, 3.8) is 0 Å². The zero-order valence-corrected chi connectivity index (χ0v) is 18.0. The molecule has 0 aliphatic heterocycles. The van der Waals surface area contributed by atoms with E-state index in [1.165, 1.54) is 23.9 Å². The molecule has 7 heteroatoms. The Morgan fingerprint density at radius 1 is 0.839 bits per heavy atom. The molecule has 0 fully saturated rings. The number of nitrogens with one attached hydrogen (secondary N) is 2. The number of amides is 2. The summed E-state index contributed by atoms with van der Waals surface area (Å²) in [5.74, 6) is -1.49. The molecule has 0 radical (unpaired) electrons. The summed E-state index contributed by atoms with van der Waals surface area (Å²) in [5.41, 5.74) is 3.55. The Morgan fingerprint density at radius 2 is 1.52 bits per heavy atom. The van der Waals surface area contributed by atoms with Gasteiger partial charge in [0.2, 0.25) is 5.91 Å². The quantitative estimate of drug-likeness (QED) is 0.456. The van der Waals surface area contributed by atoms with E-state index in [4.69, 9.17) is 0 Å². The molecule has 31 heavy (non-hydrogen) atoms. The van der Waals surface area contributed by atoms with Gasteiger partial charge in [-0.3, -0.25) is 9.59 Å². The summed E-state index contributed by atoms with van der Waals surface area (Å²) in [6, 6.07) is 18.9. The molecule has 158 valence electrons. The molecule has 3 rings (SSSR count). The van der Waals surface area contributed by atoms with E-state index in [0.29, 0.717) is 5.69 Å². The lowest BCUT2D eigenvalue weighted by Gasteiger charge is -2.10. The van der Waals surface area contributed by atoms with E-state index in [2.05, 4.69) is 10.6 Å². The standard InChI is InChI=1S/C24H22N2O4S/c1-15-6-5-9-21(16(15)2)26-22(27)14-31-18-12-10-17(11-13-18)25-23(28)19-7-3-4-8-20(19)24(29)30/h3-13H,14H2,1-2H3,(H,25,28)(H,26,27)(H,29,30). The molecule has 0 atom stereocenters. The van der Waals surface area contributed by atoms with Gasteiger partial charge in [-0.15, -0.1) is 11.8 Å². The minimum absolute atomic E-state index is 0.0537. The number of carbonyl (C=O) groups excluding carboxylic acids is 2. The molecule has 0 bridgehead atoms. The van der Waals surface area contributed by atoms with Crippen molar-refractivity contribution in [2.24, 2.45) is 0 Å². The number of aryl methyl sites for hydroxylation is 1. The summed E-state index contributed by atoms with van der Waals surface area (Å²) < 4.78 is 0. The fourth-order valence-electron chi connectivity index (χ4n) is 2.92. The zero-order chi connectivity index (χ0) is 22.4. The van der Waals surface area contributed by atoms with E-state index in [1.54, 1.807) is 36.4 Å². The molecule has 0 spiro atoms. The fourth-order valence-corrected chi connectivity index (χ4v) is 3.62. The Kier molecular flexibility index (Phi) is 7.10. The number of rotatable bonds is 7. The molecule has 6 nitrogen and oxygen atoms in total. The zero-order valence-electron chi connectivity index (χ0n) is 17.1. The van der Waals surface area contributed by atoms with Gasteiger partial charge in [0.05, 0.1) is 16.9 Å². The Balaban J connectivity index is 1.57. The molecule has 0 saturated heterocycles. The third-order valence-corrected chi connectivity index (χ3v) is 5.77. The van der Waals surface area contributed by atoms with Crippen molar-refractivity contribution in [1.29, 1.82) is 0 Å². The first-order valence-corrected chi connectivity index (χ1v) is 10.6. The van der Waals surface area contributed by atoms with Crippen molar-refractivity contribution in [2.45, 2.75) is 18.7 Å². The van der Waals surface area contributed by atoms with Crippen molar-refractivity contribution >= 4 is 40.9 Å². The number of thioether (sulfide) groups is 1. The summed E-state index contributed by atoms with van der Waals surface area (Å²) in [4.78, 5) is 36.9. The average Bonchev–Trinajstić information content (AvgIpc) is 2.76. The number of carboxylic acid groups (broad SMARTS) is 1. The average molecular weight is 435 g/mol. The van der Waals surface area contributed by atoms with E-state index in [-0.39, 0.29) is 22.8 Å². The smallest absolute Gasteiger partial charge is 0.336 e. The highest BCUT2D eigenvalue weighted by Gasteiger charge is 2.16. The highest BCUT2D eigenvalue weighted by Crippen LogP contribution is 2.23. The van der Waals surface area contributed by atoms with Gasteiger partial charge in [0.15, 0.2) is 0 Å². The van der Waals surface area contributed by atoms with Gasteiger partial charge in [0.25, 0.3) is 5.91 Å². The van der Waals surface area contributed by atoms with Gasteiger partial charge in [-0.1, -0.05) is 24.3 Å². The highest BCUT2D eigenvalue weighted by atomic mass is 32.2. The van der Waals surface area contributed by atoms with E-state index in [0.717, 1.165) is 21.7 Å². The third kappa shape index (κ3) is 5.73. The maximum atomic E-state index is 12.4. The highest BCUT2D eigenvalue weighted by molar-refractivity contribution is 8.00. The van der Waals surface area contributed by atoms with Gasteiger partial charge < -0.3 is 15.7 Å². The summed E-state index contributed by atoms with van der Waals surface area (Å²) in [6.45, 7) is 3.97. The largest absolute Gasteiger partial charge is 0.478 e. The van der Waals surface area contributed by atoms with Crippen molar-refractivity contribution in [3.05, 3.63) is 89.0 Å². The molecule has 3 aromatic carbocycles. The van der Waals surface area contributed by atoms with Crippen molar-refractivity contribution in [2.75, 3.05) is 16.4 Å². The van der Waals surface area contributed by atoms with E-state index >= 15 is 0 Å². The van der Waals surface area contributed by atoms with Crippen LogP contribution in [-0.2, 0) is 4.79 Å². The molecule has 3 N–H and O–H groups in total. The first kappa shape index (κ1) is 22.1. The van der Waals surface area contributed by atoms with Crippen molar-refractivity contribution in [1.82, 2.24) is 0 Å². The van der Waals surface area contributed by atoms with Crippen LogP contribution < -0.4 is 10.6 Å². The monoisotopic (exact) mass is 434 g/mol. The number of benzene rings is 3. The maximum Gasteiger partial charge on any atom is 0.336 e. The SMILES string of the molecule is Cc1cccc(NC(=O)CSc2ccc(NC(=O)c3ccccc3C(=O)O)cc2)c1C. The number of hydrogen-bond donors (Lipinski definition) is 3. The number of anilines is 2. The van der Waals surface area contributed by atoms with Crippen LogP contribution >= 0.6 is 11.8 Å². The van der Waals surface area contributed by atoms with E-state index in [1.807, 2.05) is 32.0 Å². The van der Waals surface area contributed by atoms with Crippen LogP contribution in [0.1, 0.15) is 31.8 Å². The van der Waals surface area contributed by atoms with Gasteiger partial charge in [-0.05, 0) is 67.4 Å². The molecule has 0 aliphatic carbocycles. The molecule has 2 amide bonds. The lowest BCUT2D eigenvalue weighted by Crippen LogP contribution is -2.16. The Labute approximate surface area is 184 Å². The normalized spacial score (nSPS) is 10.4. The first-order chi connectivity index (χ1) is 14.8. The maximum absolute atomic E-state index is 12.4. The Hall–Kier alpha value is -3.58. The molecule has 0 heterocycles. The second kappa shape index (κ2) is 9.95. The number of carboxylic acids is 1. The molecular weight excluding hydrogens is 412 g/mol. The summed E-state index contributed by atoms with van der Waals surface area (Å²) in [7, 11) is 0. The predicted molar refractivity (Wildman–Crippen MR) is 123 cm³/mol. The van der Waals surface area contributed by atoms with Gasteiger partial charge in [0, 0.05) is 16.3 Å². The second-order valence-electron chi connectivity index (χ2n) is 6.91. The van der Waals surface area contributed by atoms with Crippen LogP contribution in [0.3, 0.4) is 0 Å².